The zero-order valence-corrected chi connectivity index (χ0v) is 22.7. The minimum atomic E-state index is -0.123. The molecule has 5 rings (SSSR count). The van der Waals surface area contributed by atoms with Crippen LogP contribution < -0.4 is 15.0 Å². The predicted octanol–water partition coefficient (Wildman–Crippen LogP) is 7.09. The number of anilines is 1. The maximum atomic E-state index is 6.38. The number of ether oxygens (including phenoxy) is 1. The van der Waals surface area contributed by atoms with Gasteiger partial charge in [-0.1, -0.05) is 33.6 Å². The lowest BCUT2D eigenvalue weighted by Gasteiger charge is -2.28. The largest absolute Gasteiger partial charge is 0.495 e. The molecule has 0 radical (unpaired) electrons. The molecule has 2 atom stereocenters. The number of aryl methyl sites for hydroxylation is 1. The quantitative estimate of drug-likeness (QED) is 0.261. The van der Waals surface area contributed by atoms with Gasteiger partial charge in [-0.25, -0.2) is 0 Å². The van der Waals surface area contributed by atoms with E-state index in [1.54, 1.807) is 7.11 Å². The third-order valence-electron chi connectivity index (χ3n) is 6.37. The maximum absolute atomic E-state index is 6.38. The molecule has 178 valence electrons. The van der Waals surface area contributed by atoms with Gasteiger partial charge in [-0.15, -0.1) is 0 Å². The summed E-state index contributed by atoms with van der Waals surface area (Å²) in [6.07, 6.45) is 1.82. The van der Waals surface area contributed by atoms with Gasteiger partial charge in [0, 0.05) is 32.8 Å². The molecule has 0 aliphatic carbocycles. The molecule has 2 aromatic heterocycles. The number of methoxy groups -OCH3 is 1. The van der Waals surface area contributed by atoms with Gasteiger partial charge >= 0.3 is 0 Å². The minimum Gasteiger partial charge on any atom is -0.495 e. The van der Waals surface area contributed by atoms with E-state index in [9.17, 15) is 0 Å². The van der Waals surface area contributed by atoms with Crippen LogP contribution in [0.4, 0.5) is 5.69 Å². The molecule has 3 heterocycles. The number of nitrogens with one attached hydrogen (secondary N) is 1. The summed E-state index contributed by atoms with van der Waals surface area (Å²) in [6, 6.07) is 21.8. The number of halogens is 2. The zero-order valence-electron chi connectivity index (χ0n) is 19.5. The zero-order chi connectivity index (χ0) is 24.7. The molecule has 0 amide bonds. The fourth-order valence-corrected chi connectivity index (χ4v) is 5.62. The van der Waals surface area contributed by atoms with E-state index in [1.165, 1.54) is 0 Å². The molecule has 1 aliphatic heterocycles. The third kappa shape index (κ3) is 4.33. The highest BCUT2D eigenvalue weighted by molar-refractivity contribution is 9.10. The van der Waals surface area contributed by atoms with Crippen LogP contribution in [0, 0.1) is 13.8 Å². The van der Waals surface area contributed by atoms with Crippen molar-refractivity contribution in [3.63, 3.8) is 0 Å². The number of nitrogens with zero attached hydrogens (tertiary/aromatic N) is 3. The average molecular weight is 568 g/mol. The first-order valence-corrected chi connectivity index (χ1v) is 12.8. The molecule has 35 heavy (non-hydrogen) atoms. The summed E-state index contributed by atoms with van der Waals surface area (Å²) < 4.78 is 8.88. The van der Waals surface area contributed by atoms with E-state index in [-0.39, 0.29) is 12.1 Å². The Morgan fingerprint density at radius 3 is 2.51 bits per heavy atom. The average Bonchev–Trinajstić information content (AvgIpc) is 3.35. The summed E-state index contributed by atoms with van der Waals surface area (Å²) >= 11 is 15.8. The molecule has 1 saturated heterocycles. The Balaban J connectivity index is 1.70. The van der Waals surface area contributed by atoms with Crippen LogP contribution in [-0.2, 0) is 0 Å². The standard InChI is InChI=1S/C27H24BrClN4OS/c1-16-14-21(17(2)32(16)23-15-19(29)9-12-24(23)34-3)26-25(22-6-4-5-13-30-22)31-27(35)33(26)20-10-7-18(28)8-11-20/h4-15,25-26H,1-3H3,(H,31,35)/t25-,26+/m1/s1. The number of aromatic nitrogens is 2. The van der Waals surface area contributed by atoms with Crippen molar-refractivity contribution in [3.05, 3.63) is 105 Å². The fourth-order valence-electron chi connectivity index (χ4n) is 4.85. The third-order valence-corrected chi connectivity index (χ3v) is 7.45. The Labute approximate surface area is 223 Å². The molecule has 4 aromatic rings. The van der Waals surface area contributed by atoms with Crippen LogP contribution in [0.15, 0.2) is 77.4 Å². The van der Waals surface area contributed by atoms with E-state index in [4.69, 9.17) is 28.6 Å². The molecule has 0 unspecified atom stereocenters. The highest BCUT2D eigenvalue weighted by Crippen LogP contribution is 2.44. The van der Waals surface area contributed by atoms with E-state index in [0.717, 1.165) is 44.2 Å². The van der Waals surface area contributed by atoms with Crippen molar-refractivity contribution in [2.75, 3.05) is 12.0 Å². The number of benzene rings is 2. The summed E-state index contributed by atoms with van der Waals surface area (Å²) in [7, 11) is 1.67. The first-order chi connectivity index (χ1) is 16.9. The normalized spacial score (nSPS) is 17.5. The Morgan fingerprint density at radius 2 is 1.83 bits per heavy atom. The van der Waals surface area contributed by atoms with Crippen molar-refractivity contribution in [1.82, 2.24) is 14.9 Å². The van der Waals surface area contributed by atoms with Crippen molar-refractivity contribution >= 4 is 50.5 Å². The maximum Gasteiger partial charge on any atom is 0.174 e. The second-order valence-corrected chi connectivity index (χ2v) is 10.2. The van der Waals surface area contributed by atoms with Crippen LogP contribution >= 0.6 is 39.7 Å². The molecule has 0 bridgehead atoms. The molecule has 0 saturated carbocycles. The molecule has 1 aliphatic rings. The van der Waals surface area contributed by atoms with E-state index in [0.29, 0.717) is 10.1 Å². The summed E-state index contributed by atoms with van der Waals surface area (Å²) in [5.41, 5.74) is 6.16. The van der Waals surface area contributed by atoms with Gasteiger partial charge in [0.2, 0.25) is 0 Å². The van der Waals surface area contributed by atoms with Crippen molar-refractivity contribution in [2.45, 2.75) is 25.9 Å². The van der Waals surface area contributed by atoms with Crippen molar-refractivity contribution in [3.8, 4) is 11.4 Å². The number of pyridine rings is 1. The first kappa shape index (κ1) is 23.9. The molecule has 0 spiro atoms. The molecule has 2 aromatic carbocycles. The molecular formula is C27H24BrClN4OS. The minimum absolute atomic E-state index is 0.108. The Hall–Kier alpha value is -2.87. The SMILES string of the molecule is COc1ccc(Cl)cc1-n1c(C)cc([C@H]2[C@@H](c3ccccn3)NC(=S)N2c2ccc(Br)cc2)c1C. The second-order valence-electron chi connectivity index (χ2n) is 8.45. The van der Waals surface area contributed by atoms with E-state index >= 15 is 0 Å². The lowest BCUT2D eigenvalue weighted by Crippen LogP contribution is -2.29. The van der Waals surface area contributed by atoms with Gasteiger partial charge < -0.3 is 19.5 Å². The number of hydrogen-bond acceptors (Lipinski definition) is 3. The fraction of sp³-hybridized carbons (Fsp3) is 0.185. The number of rotatable bonds is 5. The van der Waals surface area contributed by atoms with Gasteiger partial charge in [-0.3, -0.25) is 4.98 Å². The Bertz CT molecular complexity index is 1390. The second kappa shape index (κ2) is 9.64. The van der Waals surface area contributed by atoms with Gasteiger partial charge in [-0.2, -0.15) is 0 Å². The van der Waals surface area contributed by atoms with Crippen LogP contribution in [0.5, 0.6) is 5.75 Å². The van der Waals surface area contributed by atoms with Crippen LogP contribution in [-0.4, -0.2) is 21.8 Å². The Kier molecular flexibility index (Phi) is 6.57. The van der Waals surface area contributed by atoms with Crippen LogP contribution in [0.1, 0.15) is 34.7 Å². The van der Waals surface area contributed by atoms with Crippen LogP contribution in [0.3, 0.4) is 0 Å². The molecule has 5 nitrogen and oxygen atoms in total. The van der Waals surface area contributed by atoms with Crippen molar-refractivity contribution in [2.24, 2.45) is 0 Å². The number of hydrogen-bond donors (Lipinski definition) is 1. The van der Waals surface area contributed by atoms with Crippen molar-refractivity contribution < 1.29 is 4.74 Å². The van der Waals surface area contributed by atoms with Gasteiger partial charge in [0.25, 0.3) is 0 Å². The monoisotopic (exact) mass is 566 g/mol. The summed E-state index contributed by atoms with van der Waals surface area (Å²) in [4.78, 5) is 6.85. The van der Waals surface area contributed by atoms with Crippen LogP contribution in [0.25, 0.3) is 5.69 Å². The smallest absolute Gasteiger partial charge is 0.174 e. The molecular weight excluding hydrogens is 544 g/mol. The van der Waals surface area contributed by atoms with Gasteiger partial charge in [0.15, 0.2) is 5.11 Å². The number of thiocarbonyl (C=S) groups is 1. The van der Waals surface area contributed by atoms with Gasteiger partial charge in [-0.05, 0) is 92.3 Å². The molecule has 8 heteroatoms. The summed E-state index contributed by atoms with van der Waals surface area (Å²) in [5.74, 6) is 0.758. The van der Waals surface area contributed by atoms with Crippen LogP contribution in [0.2, 0.25) is 5.02 Å². The highest BCUT2D eigenvalue weighted by Gasteiger charge is 2.42. The highest BCUT2D eigenvalue weighted by atomic mass is 79.9. The van der Waals surface area contributed by atoms with E-state index < -0.39 is 0 Å². The van der Waals surface area contributed by atoms with Gasteiger partial charge in [0.05, 0.1) is 30.6 Å². The lowest BCUT2D eigenvalue weighted by molar-refractivity contribution is 0.412. The Morgan fingerprint density at radius 1 is 1.06 bits per heavy atom. The summed E-state index contributed by atoms with van der Waals surface area (Å²) in [6.45, 7) is 4.22. The van der Waals surface area contributed by atoms with Crippen molar-refractivity contribution in [1.29, 1.82) is 0 Å². The predicted molar refractivity (Wildman–Crippen MR) is 149 cm³/mol. The lowest BCUT2D eigenvalue weighted by atomic mass is 9.96. The van der Waals surface area contributed by atoms with E-state index in [2.05, 4.69) is 67.7 Å². The van der Waals surface area contributed by atoms with E-state index in [1.807, 2.05) is 54.7 Å². The molecule has 1 fully saturated rings. The summed E-state index contributed by atoms with van der Waals surface area (Å²) in [5, 5.41) is 4.86. The molecule has 1 N–H and O–H groups in total. The van der Waals surface area contributed by atoms with Gasteiger partial charge in [0.1, 0.15) is 5.75 Å². The topological polar surface area (TPSA) is 42.3 Å². The first-order valence-electron chi connectivity index (χ1n) is 11.2.